The van der Waals surface area contributed by atoms with E-state index < -0.39 is 36.3 Å². The molecule has 0 radical (unpaired) electrons. The van der Waals surface area contributed by atoms with E-state index in [1.54, 1.807) is 18.2 Å². The van der Waals surface area contributed by atoms with E-state index in [2.05, 4.69) is 10.3 Å². The highest BCUT2D eigenvalue weighted by molar-refractivity contribution is 5.98. The molecule has 12 heteroatoms. The van der Waals surface area contributed by atoms with Gasteiger partial charge in [0.15, 0.2) is 17.5 Å². The number of carbonyl (C=O) groups excluding carboxylic acids is 2. The fourth-order valence-corrected chi connectivity index (χ4v) is 3.27. The minimum absolute atomic E-state index is 0.00535. The summed E-state index contributed by atoms with van der Waals surface area (Å²) in [6.45, 7) is 0.221. The van der Waals surface area contributed by atoms with E-state index in [0.717, 1.165) is 0 Å². The number of ether oxygens (including phenoxy) is 2. The maximum atomic E-state index is 12.8. The molecule has 0 bridgehead atoms. The summed E-state index contributed by atoms with van der Waals surface area (Å²) < 4.78 is 11.2. The van der Waals surface area contributed by atoms with Crippen molar-refractivity contribution in [2.75, 3.05) is 6.61 Å². The first-order valence-corrected chi connectivity index (χ1v) is 10.1. The van der Waals surface area contributed by atoms with Gasteiger partial charge >= 0.3 is 17.9 Å². The second-order valence-electron chi connectivity index (χ2n) is 7.34. The van der Waals surface area contributed by atoms with Crippen molar-refractivity contribution < 1.29 is 38.9 Å². The van der Waals surface area contributed by atoms with Crippen LogP contribution in [-0.4, -0.2) is 52.6 Å². The minimum atomic E-state index is -1.61. The highest BCUT2D eigenvalue weighted by Gasteiger charge is 2.25. The number of hydrogen-bond acceptors (Lipinski definition) is 7. The fourth-order valence-electron chi connectivity index (χ4n) is 3.27. The first kappa shape index (κ1) is 24.0. The third-order valence-corrected chi connectivity index (χ3v) is 4.81. The predicted molar refractivity (Wildman–Crippen MR) is 118 cm³/mol. The Morgan fingerprint density at radius 3 is 2.53 bits per heavy atom. The van der Waals surface area contributed by atoms with Gasteiger partial charge < -0.3 is 36.5 Å². The molecule has 0 aromatic heterocycles. The first-order valence-electron chi connectivity index (χ1n) is 10.1. The van der Waals surface area contributed by atoms with Gasteiger partial charge in [-0.05, 0) is 54.8 Å². The van der Waals surface area contributed by atoms with Gasteiger partial charge in [0, 0.05) is 5.56 Å². The molecule has 0 unspecified atom stereocenters. The standard InChI is InChI=1S/C22H22N4O8/c23-22(24)25-13-4-5-14-11(8-13)2-1-7-33-17-9-12(3-6-16(17)34-21(14)32)19(29)26-15(20(30)31)10-18(27)28/h3-6,8-9,15H,1-2,7,10H2,(H,26,29)(H,27,28)(H,30,31)(H4,23,24,25)/t15-/m1/s1. The number of aliphatic imine (C=N–C) groups is 1. The number of benzene rings is 2. The molecule has 0 fully saturated rings. The number of nitrogens with two attached hydrogens (primary N) is 2. The Bertz CT molecular complexity index is 1170. The summed E-state index contributed by atoms with van der Waals surface area (Å²) >= 11 is 0. The third kappa shape index (κ3) is 6.00. The highest BCUT2D eigenvalue weighted by Crippen LogP contribution is 2.31. The number of aliphatic carboxylic acids is 2. The number of carboxylic acid groups (broad SMARTS) is 2. The number of esters is 1. The van der Waals surface area contributed by atoms with Crippen LogP contribution in [0.5, 0.6) is 11.5 Å². The van der Waals surface area contributed by atoms with Crippen molar-refractivity contribution in [1.82, 2.24) is 5.32 Å². The van der Waals surface area contributed by atoms with E-state index >= 15 is 0 Å². The number of aryl methyl sites for hydroxylation is 1. The van der Waals surface area contributed by atoms with Crippen molar-refractivity contribution in [1.29, 1.82) is 0 Å². The van der Waals surface area contributed by atoms with Gasteiger partial charge in [-0.25, -0.2) is 14.6 Å². The summed E-state index contributed by atoms with van der Waals surface area (Å²) in [5.74, 6) is -4.28. The molecular weight excluding hydrogens is 448 g/mol. The Morgan fingerprint density at radius 1 is 1.09 bits per heavy atom. The normalized spacial score (nSPS) is 13.7. The van der Waals surface area contributed by atoms with E-state index in [-0.39, 0.29) is 29.6 Å². The number of carbonyl (C=O) groups is 4. The Balaban J connectivity index is 1.85. The summed E-state index contributed by atoms with van der Waals surface area (Å²) in [4.78, 5) is 51.3. The minimum Gasteiger partial charge on any atom is -0.490 e. The van der Waals surface area contributed by atoms with Crippen LogP contribution in [0.3, 0.4) is 0 Å². The van der Waals surface area contributed by atoms with Crippen LogP contribution in [0.1, 0.15) is 39.1 Å². The number of rotatable bonds is 6. The van der Waals surface area contributed by atoms with Gasteiger partial charge in [-0.1, -0.05) is 0 Å². The third-order valence-electron chi connectivity index (χ3n) is 4.81. The molecular formula is C22H22N4O8. The average molecular weight is 470 g/mol. The summed E-state index contributed by atoms with van der Waals surface area (Å²) in [6.07, 6.45) is 0.189. The number of hydrogen-bond donors (Lipinski definition) is 5. The monoisotopic (exact) mass is 470 g/mol. The molecule has 1 atom stereocenters. The number of nitrogens with zero attached hydrogens (tertiary/aromatic N) is 1. The Morgan fingerprint density at radius 2 is 1.85 bits per heavy atom. The van der Waals surface area contributed by atoms with E-state index in [4.69, 9.17) is 31.2 Å². The zero-order valence-corrected chi connectivity index (χ0v) is 17.8. The Labute approximate surface area is 193 Å². The average Bonchev–Trinajstić information content (AvgIpc) is 2.76. The molecule has 0 saturated heterocycles. The van der Waals surface area contributed by atoms with Crippen molar-refractivity contribution in [3.8, 4) is 11.5 Å². The van der Waals surface area contributed by atoms with Gasteiger partial charge in [-0.2, -0.15) is 0 Å². The second-order valence-corrected chi connectivity index (χ2v) is 7.34. The van der Waals surface area contributed by atoms with Crippen molar-refractivity contribution in [3.63, 3.8) is 0 Å². The van der Waals surface area contributed by atoms with Crippen LogP contribution in [0.25, 0.3) is 0 Å². The summed E-state index contributed by atoms with van der Waals surface area (Å²) in [7, 11) is 0. The first-order chi connectivity index (χ1) is 16.1. The molecule has 0 aliphatic carbocycles. The van der Waals surface area contributed by atoms with Crippen molar-refractivity contribution in [3.05, 3.63) is 53.1 Å². The molecule has 1 aliphatic rings. The molecule has 1 amide bonds. The number of guanidine groups is 1. The topological polar surface area (TPSA) is 204 Å². The summed E-state index contributed by atoms with van der Waals surface area (Å²) in [6, 6.07) is 7.13. The molecule has 1 aliphatic heterocycles. The Hall–Kier alpha value is -4.61. The fraction of sp³-hybridized carbons (Fsp3) is 0.227. The SMILES string of the molecule is NC(N)=Nc1ccc2c(c1)CCCOc1cc(C(=O)N[C@H](CC(=O)O)C(=O)O)ccc1OC2=O. The van der Waals surface area contributed by atoms with E-state index in [0.29, 0.717) is 29.7 Å². The van der Waals surface area contributed by atoms with Gasteiger partial charge in [0.25, 0.3) is 5.91 Å². The van der Waals surface area contributed by atoms with Crippen LogP contribution in [0.15, 0.2) is 41.4 Å². The van der Waals surface area contributed by atoms with Gasteiger partial charge in [-0.3, -0.25) is 9.59 Å². The molecule has 3 rings (SSSR count). The quantitative estimate of drug-likeness (QED) is 0.174. The molecule has 2 aromatic carbocycles. The smallest absolute Gasteiger partial charge is 0.343 e. The number of nitrogens with one attached hydrogen (secondary N) is 1. The van der Waals surface area contributed by atoms with E-state index in [9.17, 15) is 19.2 Å². The van der Waals surface area contributed by atoms with Gasteiger partial charge in [-0.15, -0.1) is 0 Å². The van der Waals surface area contributed by atoms with Crippen LogP contribution >= 0.6 is 0 Å². The van der Waals surface area contributed by atoms with E-state index in [1.165, 1.54) is 18.2 Å². The van der Waals surface area contributed by atoms with Crippen LogP contribution in [0, 0.1) is 0 Å². The van der Waals surface area contributed by atoms with Gasteiger partial charge in [0.1, 0.15) is 6.04 Å². The number of carboxylic acids is 2. The van der Waals surface area contributed by atoms with Gasteiger partial charge in [0.05, 0.1) is 24.3 Å². The molecule has 34 heavy (non-hydrogen) atoms. The molecule has 0 spiro atoms. The van der Waals surface area contributed by atoms with Crippen LogP contribution in [-0.2, 0) is 16.0 Å². The zero-order valence-electron chi connectivity index (χ0n) is 17.8. The van der Waals surface area contributed by atoms with Gasteiger partial charge in [0.2, 0.25) is 0 Å². The lowest BCUT2D eigenvalue weighted by Gasteiger charge is -2.17. The lowest BCUT2D eigenvalue weighted by Crippen LogP contribution is -2.42. The molecule has 7 N–H and O–H groups in total. The molecule has 1 heterocycles. The molecule has 0 saturated carbocycles. The van der Waals surface area contributed by atoms with Crippen LogP contribution in [0.4, 0.5) is 5.69 Å². The predicted octanol–water partition coefficient (Wildman–Crippen LogP) is 0.793. The summed E-state index contributed by atoms with van der Waals surface area (Å²) in [5.41, 5.74) is 12.3. The van der Waals surface area contributed by atoms with Crippen molar-refractivity contribution in [2.45, 2.75) is 25.3 Å². The van der Waals surface area contributed by atoms with Crippen molar-refractivity contribution in [2.24, 2.45) is 16.5 Å². The second kappa shape index (κ2) is 10.3. The number of amides is 1. The van der Waals surface area contributed by atoms with E-state index in [1.807, 2.05) is 0 Å². The lowest BCUT2D eigenvalue weighted by atomic mass is 10.0. The molecule has 2 aromatic rings. The highest BCUT2D eigenvalue weighted by atomic mass is 16.6. The lowest BCUT2D eigenvalue weighted by molar-refractivity contribution is -0.145. The number of fused-ring (bicyclic) bond motifs is 2. The summed E-state index contributed by atoms with van der Waals surface area (Å²) in [5, 5.41) is 20.1. The van der Waals surface area contributed by atoms with Crippen LogP contribution < -0.4 is 26.3 Å². The Kier molecular flexibility index (Phi) is 7.31. The zero-order chi connectivity index (χ0) is 24.8. The maximum Gasteiger partial charge on any atom is 0.343 e. The molecule has 178 valence electrons. The molecule has 12 nitrogen and oxygen atoms in total. The maximum absolute atomic E-state index is 12.8. The largest absolute Gasteiger partial charge is 0.490 e. The van der Waals surface area contributed by atoms with Crippen molar-refractivity contribution >= 4 is 35.5 Å². The van der Waals surface area contributed by atoms with Crippen LogP contribution in [0.2, 0.25) is 0 Å².